The van der Waals surface area contributed by atoms with Crippen LogP contribution >= 0.6 is 0 Å². The molecule has 0 atom stereocenters. The molecule has 0 unspecified atom stereocenters. The first-order chi connectivity index (χ1) is 4.16. The summed E-state index contributed by atoms with van der Waals surface area (Å²) in [5.41, 5.74) is 0.956. The molecular weight excluding hydrogens is 116 g/mol. The van der Waals surface area contributed by atoms with Gasteiger partial charge in [0, 0.05) is 6.08 Å². The largest absolute Gasteiger partial charge is 0.478 e. The minimum absolute atomic E-state index is 0.906. The lowest BCUT2D eigenvalue weighted by molar-refractivity contribution is -0.131. The third-order valence-corrected chi connectivity index (χ3v) is 0.944. The van der Waals surface area contributed by atoms with E-state index >= 15 is 0 Å². The van der Waals surface area contributed by atoms with Crippen molar-refractivity contribution in [1.82, 2.24) is 0 Å². The Hall–Kier alpha value is -1.05. The van der Waals surface area contributed by atoms with Gasteiger partial charge in [-0.2, -0.15) is 0 Å². The van der Waals surface area contributed by atoms with Crippen LogP contribution in [0.1, 0.15) is 13.8 Å². The number of hydrogen-bond donors (Lipinski definition) is 1. The molecule has 2 heteroatoms. The second kappa shape index (κ2) is 3.89. The van der Waals surface area contributed by atoms with E-state index in [1.807, 2.05) is 19.9 Å². The molecule has 0 amide bonds. The normalized spacial score (nSPS) is 12.4. The van der Waals surface area contributed by atoms with Crippen molar-refractivity contribution in [3.63, 3.8) is 0 Å². The van der Waals surface area contributed by atoms with Crippen LogP contribution in [0.5, 0.6) is 0 Å². The minimum atomic E-state index is -0.906. The molecule has 0 saturated carbocycles. The van der Waals surface area contributed by atoms with Crippen LogP contribution in [-0.2, 0) is 4.79 Å². The van der Waals surface area contributed by atoms with Gasteiger partial charge in [0.15, 0.2) is 0 Å². The van der Waals surface area contributed by atoms with Crippen LogP contribution in [-0.4, -0.2) is 11.1 Å². The Balaban J connectivity index is 3.86. The van der Waals surface area contributed by atoms with E-state index in [2.05, 4.69) is 0 Å². The Kier molecular flexibility index (Phi) is 3.44. The zero-order valence-corrected chi connectivity index (χ0v) is 5.59. The molecule has 0 spiro atoms. The predicted molar refractivity (Wildman–Crippen MR) is 36.2 cm³/mol. The molecule has 0 bridgehead atoms. The van der Waals surface area contributed by atoms with Crippen molar-refractivity contribution in [3.05, 3.63) is 23.8 Å². The van der Waals surface area contributed by atoms with E-state index in [0.29, 0.717) is 0 Å². The fourth-order valence-electron chi connectivity index (χ4n) is 0.299. The lowest BCUT2D eigenvalue weighted by Crippen LogP contribution is -1.85. The lowest BCUT2D eigenvalue weighted by Gasteiger charge is -1.83. The summed E-state index contributed by atoms with van der Waals surface area (Å²) in [5.74, 6) is -0.906. The number of hydrogen-bond acceptors (Lipinski definition) is 1. The highest BCUT2D eigenvalue weighted by molar-refractivity contribution is 5.80. The van der Waals surface area contributed by atoms with E-state index in [0.717, 1.165) is 11.6 Å². The predicted octanol–water partition coefficient (Wildman–Crippen LogP) is 1.59. The fourth-order valence-corrected chi connectivity index (χ4v) is 0.299. The monoisotopic (exact) mass is 126 g/mol. The molecule has 0 rings (SSSR count). The van der Waals surface area contributed by atoms with Gasteiger partial charge in [0.2, 0.25) is 0 Å². The van der Waals surface area contributed by atoms with Crippen LogP contribution in [0.3, 0.4) is 0 Å². The molecule has 0 aliphatic heterocycles. The fraction of sp³-hybridized carbons (Fsp3) is 0.286. The van der Waals surface area contributed by atoms with Crippen molar-refractivity contribution in [2.24, 2.45) is 0 Å². The highest BCUT2D eigenvalue weighted by Crippen LogP contribution is 1.92. The summed E-state index contributed by atoms with van der Waals surface area (Å²) in [6, 6.07) is 0. The molecule has 0 aliphatic rings. The lowest BCUT2D eigenvalue weighted by atomic mass is 10.3. The van der Waals surface area contributed by atoms with Gasteiger partial charge in [0.25, 0.3) is 0 Å². The van der Waals surface area contributed by atoms with Crippen molar-refractivity contribution in [2.75, 3.05) is 0 Å². The Bertz CT molecular complexity index is 154. The van der Waals surface area contributed by atoms with E-state index in [9.17, 15) is 4.79 Å². The Morgan fingerprint density at radius 1 is 1.44 bits per heavy atom. The van der Waals surface area contributed by atoms with Gasteiger partial charge in [-0.3, -0.25) is 0 Å². The van der Waals surface area contributed by atoms with Crippen molar-refractivity contribution >= 4 is 5.97 Å². The summed E-state index contributed by atoms with van der Waals surface area (Å²) >= 11 is 0. The van der Waals surface area contributed by atoms with E-state index in [1.54, 1.807) is 6.08 Å². The Morgan fingerprint density at radius 2 is 2.00 bits per heavy atom. The van der Waals surface area contributed by atoms with Gasteiger partial charge < -0.3 is 5.11 Å². The van der Waals surface area contributed by atoms with E-state index < -0.39 is 5.97 Å². The second-order valence-corrected chi connectivity index (χ2v) is 1.70. The highest BCUT2D eigenvalue weighted by atomic mass is 16.4. The molecule has 0 fully saturated rings. The Morgan fingerprint density at radius 3 is 2.33 bits per heavy atom. The smallest absolute Gasteiger partial charge is 0.328 e. The quantitative estimate of drug-likeness (QED) is 0.450. The highest BCUT2D eigenvalue weighted by Gasteiger charge is 1.83. The summed E-state index contributed by atoms with van der Waals surface area (Å²) in [6.07, 6.45) is 4.52. The van der Waals surface area contributed by atoms with Crippen molar-refractivity contribution in [2.45, 2.75) is 13.8 Å². The summed E-state index contributed by atoms with van der Waals surface area (Å²) < 4.78 is 0. The topological polar surface area (TPSA) is 37.3 Å². The molecule has 0 aliphatic carbocycles. The SMILES string of the molecule is CC=C(C)C=CC(=O)O. The zero-order chi connectivity index (χ0) is 7.28. The maximum atomic E-state index is 9.91. The van der Waals surface area contributed by atoms with Gasteiger partial charge in [-0.1, -0.05) is 17.7 Å². The first kappa shape index (κ1) is 7.95. The van der Waals surface area contributed by atoms with Gasteiger partial charge in [-0.05, 0) is 13.8 Å². The molecule has 9 heavy (non-hydrogen) atoms. The van der Waals surface area contributed by atoms with Crippen LogP contribution in [0.2, 0.25) is 0 Å². The summed E-state index contributed by atoms with van der Waals surface area (Å²) in [5, 5.41) is 8.14. The zero-order valence-electron chi connectivity index (χ0n) is 5.59. The Labute approximate surface area is 54.5 Å². The van der Waals surface area contributed by atoms with Crippen molar-refractivity contribution < 1.29 is 9.90 Å². The van der Waals surface area contributed by atoms with Gasteiger partial charge >= 0.3 is 5.97 Å². The molecule has 0 aromatic rings. The number of aliphatic carboxylic acids is 1. The molecule has 1 N–H and O–H groups in total. The number of carboxylic acids is 1. The van der Waals surface area contributed by atoms with Crippen LogP contribution in [0.15, 0.2) is 23.8 Å². The number of carbonyl (C=O) groups is 1. The molecule has 0 aromatic carbocycles. The maximum Gasteiger partial charge on any atom is 0.328 e. The maximum absolute atomic E-state index is 9.91. The molecule has 0 saturated heterocycles. The third-order valence-electron chi connectivity index (χ3n) is 0.944. The first-order valence-corrected chi connectivity index (χ1v) is 2.70. The molecule has 0 heterocycles. The summed E-state index contributed by atoms with van der Waals surface area (Å²) in [6.45, 7) is 3.71. The van der Waals surface area contributed by atoms with Gasteiger partial charge in [-0.15, -0.1) is 0 Å². The van der Waals surface area contributed by atoms with Crippen molar-refractivity contribution in [3.8, 4) is 0 Å². The van der Waals surface area contributed by atoms with Gasteiger partial charge in [0.05, 0.1) is 0 Å². The third kappa shape index (κ3) is 4.81. The molecular formula is C7H10O2. The van der Waals surface area contributed by atoms with E-state index in [4.69, 9.17) is 5.11 Å². The first-order valence-electron chi connectivity index (χ1n) is 2.70. The molecule has 2 nitrogen and oxygen atoms in total. The number of carboxylic acid groups (broad SMARTS) is 1. The average molecular weight is 126 g/mol. The average Bonchev–Trinajstić information content (AvgIpc) is 1.83. The number of rotatable bonds is 2. The van der Waals surface area contributed by atoms with Gasteiger partial charge in [-0.25, -0.2) is 4.79 Å². The van der Waals surface area contributed by atoms with Crippen LogP contribution in [0.4, 0.5) is 0 Å². The van der Waals surface area contributed by atoms with E-state index in [1.165, 1.54) is 0 Å². The summed E-state index contributed by atoms with van der Waals surface area (Å²) in [4.78, 5) is 9.91. The van der Waals surface area contributed by atoms with Crippen LogP contribution in [0, 0.1) is 0 Å². The standard InChI is InChI=1S/C7H10O2/c1-3-6(2)4-5-7(8)9/h3-5H,1-2H3,(H,8,9). The minimum Gasteiger partial charge on any atom is -0.478 e. The van der Waals surface area contributed by atoms with Crippen molar-refractivity contribution in [1.29, 1.82) is 0 Å². The molecule has 0 aromatic heterocycles. The van der Waals surface area contributed by atoms with Crippen LogP contribution < -0.4 is 0 Å². The van der Waals surface area contributed by atoms with E-state index in [-0.39, 0.29) is 0 Å². The number of allylic oxidation sites excluding steroid dienone is 3. The summed E-state index contributed by atoms with van der Waals surface area (Å²) in [7, 11) is 0. The van der Waals surface area contributed by atoms with Crippen LogP contribution in [0.25, 0.3) is 0 Å². The van der Waals surface area contributed by atoms with Gasteiger partial charge in [0.1, 0.15) is 0 Å². The molecule has 0 radical (unpaired) electrons. The molecule has 50 valence electrons. The second-order valence-electron chi connectivity index (χ2n) is 1.70.